The van der Waals surface area contributed by atoms with Crippen LogP contribution in [0.25, 0.3) is 10.6 Å². The highest BCUT2D eigenvalue weighted by molar-refractivity contribution is 7.13. The van der Waals surface area contributed by atoms with Crippen molar-refractivity contribution in [2.24, 2.45) is 11.8 Å². The minimum atomic E-state index is 0.0283. The summed E-state index contributed by atoms with van der Waals surface area (Å²) in [4.78, 5) is 19.4. The zero-order valence-corrected chi connectivity index (χ0v) is 16.0. The lowest BCUT2D eigenvalue weighted by atomic mass is 9.92. The molecule has 2 fully saturated rings. The van der Waals surface area contributed by atoms with Crippen LogP contribution in [0.15, 0.2) is 23.6 Å². The highest BCUT2D eigenvalue weighted by Gasteiger charge is 2.32. The third-order valence-corrected chi connectivity index (χ3v) is 6.61. The number of nitrogens with one attached hydrogen (secondary N) is 1. The number of aromatic nitrogens is 1. The van der Waals surface area contributed by atoms with Crippen LogP contribution in [0.1, 0.15) is 23.3 Å². The van der Waals surface area contributed by atoms with Gasteiger partial charge in [-0.25, -0.2) is 4.98 Å². The van der Waals surface area contributed by atoms with Gasteiger partial charge in [0.15, 0.2) is 0 Å². The second-order valence-electron chi connectivity index (χ2n) is 6.71. The van der Waals surface area contributed by atoms with E-state index >= 15 is 0 Å². The Labute approximate surface area is 161 Å². The van der Waals surface area contributed by atoms with Gasteiger partial charge in [-0.2, -0.15) is 0 Å². The Morgan fingerprint density at radius 1 is 1.20 bits per heavy atom. The fraction of sp³-hybridized carbons (Fsp3) is 0.444. The van der Waals surface area contributed by atoms with Gasteiger partial charge in [-0.05, 0) is 56.0 Å². The van der Waals surface area contributed by atoms with E-state index in [2.05, 4.69) is 10.3 Å². The third-order valence-electron chi connectivity index (χ3n) is 5.19. The Balaban J connectivity index is 1.50. The zero-order chi connectivity index (χ0) is 17.4. The molecule has 132 valence electrons. The molecule has 7 heteroatoms. The Bertz CT molecular complexity index is 780. The van der Waals surface area contributed by atoms with Gasteiger partial charge in [0.05, 0.1) is 5.02 Å². The number of benzene rings is 1. The summed E-state index contributed by atoms with van der Waals surface area (Å²) in [6, 6.07) is 5.33. The maximum Gasteiger partial charge on any atom is 0.273 e. The van der Waals surface area contributed by atoms with E-state index in [-0.39, 0.29) is 5.91 Å². The van der Waals surface area contributed by atoms with Gasteiger partial charge in [-0.1, -0.05) is 23.2 Å². The molecule has 3 heterocycles. The Morgan fingerprint density at radius 2 is 1.92 bits per heavy atom. The monoisotopic (exact) mass is 395 g/mol. The van der Waals surface area contributed by atoms with Crippen LogP contribution in [-0.2, 0) is 0 Å². The lowest BCUT2D eigenvalue weighted by Gasteiger charge is -2.19. The highest BCUT2D eigenvalue weighted by Crippen LogP contribution is 2.33. The predicted octanol–water partition coefficient (Wildman–Crippen LogP) is 4.19. The number of amides is 1. The van der Waals surface area contributed by atoms with E-state index in [0.717, 1.165) is 49.6 Å². The van der Waals surface area contributed by atoms with Crippen molar-refractivity contribution in [2.45, 2.75) is 12.8 Å². The van der Waals surface area contributed by atoms with Gasteiger partial charge in [-0.15, -0.1) is 11.3 Å². The van der Waals surface area contributed by atoms with Crippen LogP contribution in [0.3, 0.4) is 0 Å². The Morgan fingerprint density at radius 3 is 2.60 bits per heavy atom. The molecule has 1 aromatic heterocycles. The Hall–Kier alpha value is -1.14. The quantitative estimate of drug-likeness (QED) is 0.828. The summed E-state index contributed by atoms with van der Waals surface area (Å²) in [5, 5.41) is 7.18. The first kappa shape index (κ1) is 17.3. The van der Waals surface area contributed by atoms with E-state index in [0.29, 0.717) is 27.6 Å². The van der Waals surface area contributed by atoms with Crippen molar-refractivity contribution >= 4 is 40.4 Å². The molecule has 2 aliphatic rings. The number of carbonyl (C=O) groups is 1. The van der Waals surface area contributed by atoms with Crippen molar-refractivity contribution in [3.05, 3.63) is 39.3 Å². The van der Waals surface area contributed by atoms with Gasteiger partial charge >= 0.3 is 0 Å². The van der Waals surface area contributed by atoms with E-state index in [9.17, 15) is 4.79 Å². The first-order chi connectivity index (χ1) is 12.1. The largest absolute Gasteiger partial charge is 0.337 e. The topological polar surface area (TPSA) is 45.2 Å². The molecule has 2 aliphatic heterocycles. The lowest BCUT2D eigenvalue weighted by molar-refractivity contribution is 0.0753. The summed E-state index contributed by atoms with van der Waals surface area (Å²) in [5.41, 5.74) is 1.32. The fourth-order valence-corrected chi connectivity index (χ4v) is 5.13. The predicted molar refractivity (Wildman–Crippen MR) is 103 cm³/mol. The van der Waals surface area contributed by atoms with Gasteiger partial charge in [-0.3, -0.25) is 4.79 Å². The molecule has 25 heavy (non-hydrogen) atoms. The summed E-state index contributed by atoms with van der Waals surface area (Å²) in [5.74, 6) is 1.44. The van der Waals surface area contributed by atoms with Crippen LogP contribution in [0.4, 0.5) is 0 Å². The molecule has 0 saturated carbocycles. The molecule has 4 rings (SSSR count). The van der Waals surface area contributed by atoms with Gasteiger partial charge in [0, 0.05) is 29.1 Å². The molecule has 0 aliphatic carbocycles. The molecule has 0 unspecified atom stereocenters. The smallest absolute Gasteiger partial charge is 0.273 e. The van der Waals surface area contributed by atoms with Crippen LogP contribution >= 0.6 is 34.5 Å². The normalized spacial score (nSPS) is 23.4. The number of carbonyl (C=O) groups excluding carboxylic acids is 1. The van der Waals surface area contributed by atoms with E-state index in [1.807, 2.05) is 16.3 Å². The maximum atomic E-state index is 12.9. The van der Waals surface area contributed by atoms with Crippen molar-refractivity contribution in [3.63, 3.8) is 0 Å². The van der Waals surface area contributed by atoms with Crippen molar-refractivity contribution in [1.29, 1.82) is 0 Å². The number of thiazole rings is 1. The molecule has 0 spiro atoms. The molecule has 2 aromatic rings. The zero-order valence-electron chi connectivity index (χ0n) is 13.7. The molecular formula is C18H19Cl2N3OS. The number of nitrogens with zero attached hydrogens (tertiary/aromatic N) is 2. The minimum absolute atomic E-state index is 0.0283. The van der Waals surface area contributed by atoms with Crippen LogP contribution in [0.5, 0.6) is 0 Å². The third kappa shape index (κ3) is 3.56. The molecule has 2 atom stereocenters. The van der Waals surface area contributed by atoms with Crippen LogP contribution in [-0.4, -0.2) is 42.0 Å². The summed E-state index contributed by atoms with van der Waals surface area (Å²) in [6.45, 7) is 3.80. The average molecular weight is 396 g/mol. The van der Waals surface area contributed by atoms with Crippen molar-refractivity contribution in [3.8, 4) is 10.6 Å². The average Bonchev–Trinajstić information content (AvgIpc) is 3.20. The second kappa shape index (κ2) is 7.23. The van der Waals surface area contributed by atoms with Gasteiger partial charge in [0.25, 0.3) is 5.91 Å². The van der Waals surface area contributed by atoms with Crippen molar-refractivity contribution in [1.82, 2.24) is 15.2 Å². The number of halogens is 2. The molecule has 1 aromatic carbocycles. The molecule has 2 saturated heterocycles. The summed E-state index contributed by atoms with van der Waals surface area (Å²) in [7, 11) is 0. The number of hydrogen-bond donors (Lipinski definition) is 1. The fourth-order valence-electron chi connectivity index (χ4n) is 3.74. The van der Waals surface area contributed by atoms with Crippen LogP contribution < -0.4 is 5.32 Å². The van der Waals surface area contributed by atoms with Gasteiger partial charge < -0.3 is 10.2 Å². The second-order valence-corrected chi connectivity index (χ2v) is 8.41. The summed E-state index contributed by atoms with van der Waals surface area (Å²) >= 11 is 13.7. The standard InChI is InChI=1S/C18H19Cl2N3OS/c19-13-1-2-14(15(20)7-13)17-22-16(10-25-17)18(24)23-5-3-11-8-21-9-12(11)4-6-23/h1-2,7,10-12,21H,3-6,8-9H2/t11-,12+. The first-order valence-corrected chi connectivity index (χ1v) is 10.2. The molecular weight excluding hydrogens is 377 g/mol. The van der Waals surface area contributed by atoms with Gasteiger partial charge in [0.2, 0.25) is 0 Å². The van der Waals surface area contributed by atoms with Gasteiger partial charge in [0.1, 0.15) is 10.7 Å². The van der Waals surface area contributed by atoms with Crippen LogP contribution in [0, 0.1) is 11.8 Å². The molecule has 4 nitrogen and oxygen atoms in total. The maximum absolute atomic E-state index is 12.9. The number of rotatable bonds is 2. The molecule has 0 radical (unpaired) electrons. The SMILES string of the molecule is O=C(c1csc(-c2ccc(Cl)cc2Cl)n1)N1CC[C@@H]2CNC[C@@H]2CC1. The molecule has 1 N–H and O–H groups in total. The summed E-state index contributed by atoms with van der Waals surface area (Å²) < 4.78 is 0. The first-order valence-electron chi connectivity index (χ1n) is 8.53. The minimum Gasteiger partial charge on any atom is -0.337 e. The summed E-state index contributed by atoms with van der Waals surface area (Å²) in [6.07, 6.45) is 2.15. The number of fused-ring (bicyclic) bond motifs is 1. The number of likely N-dealkylation sites (tertiary alicyclic amines) is 1. The van der Waals surface area contributed by atoms with Crippen molar-refractivity contribution < 1.29 is 4.79 Å². The van der Waals surface area contributed by atoms with Crippen molar-refractivity contribution in [2.75, 3.05) is 26.2 Å². The lowest BCUT2D eigenvalue weighted by Crippen LogP contribution is -2.33. The van der Waals surface area contributed by atoms with E-state index < -0.39 is 0 Å². The van der Waals surface area contributed by atoms with E-state index in [4.69, 9.17) is 23.2 Å². The molecule has 0 bridgehead atoms. The Kier molecular flexibility index (Phi) is 5.00. The van der Waals surface area contributed by atoms with Crippen LogP contribution in [0.2, 0.25) is 10.0 Å². The van der Waals surface area contributed by atoms with E-state index in [1.165, 1.54) is 11.3 Å². The van der Waals surface area contributed by atoms with E-state index in [1.54, 1.807) is 12.1 Å². The number of hydrogen-bond acceptors (Lipinski definition) is 4. The molecule has 1 amide bonds. The highest BCUT2D eigenvalue weighted by atomic mass is 35.5.